The normalized spacial score (nSPS) is 9.64. The monoisotopic (exact) mass is 295 g/mol. The van der Waals surface area contributed by atoms with Crippen molar-refractivity contribution in [1.82, 2.24) is 10.3 Å². The first-order valence-electron chi connectivity index (χ1n) is 6.43. The molecule has 6 nitrogen and oxygen atoms in total. The highest BCUT2D eigenvalue weighted by Crippen LogP contribution is 2.22. The number of rotatable bonds is 4. The smallest absolute Gasteiger partial charge is 0.325 e. The average Bonchev–Trinajstić information content (AvgIpc) is 2.59. The number of carbonyl (C=O) groups excluding carboxylic acids is 2. The van der Waals surface area contributed by atoms with Crippen LogP contribution in [-0.4, -0.2) is 30.5 Å². The Morgan fingerprint density at radius 3 is 2.59 bits per heavy atom. The van der Waals surface area contributed by atoms with Crippen molar-refractivity contribution in [2.45, 2.75) is 0 Å². The fourth-order valence-corrected chi connectivity index (χ4v) is 1.78. The Kier molecular flexibility index (Phi) is 4.83. The summed E-state index contributed by atoms with van der Waals surface area (Å²) >= 11 is 0. The van der Waals surface area contributed by atoms with Crippen LogP contribution in [0.15, 0.2) is 42.6 Å². The number of hydrogen-bond donors (Lipinski definition) is 1. The van der Waals surface area contributed by atoms with Gasteiger partial charge in [-0.05, 0) is 23.3 Å². The van der Waals surface area contributed by atoms with Crippen LogP contribution in [0.25, 0.3) is 16.0 Å². The first-order valence-corrected chi connectivity index (χ1v) is 6.43. The van der Waals surface area contributed by atoms with E-state index < -0.39 is 11.9 Å². The van der Waals surface area contributed by atoms with Crippen LogP contribution in [0.2, 0.25) is 0 Å². The molecule has 1 amide bonds. The van der Waals surface area contributed by atoms with E-state index in [0.29, 0.717) is 5.69 Å². The van der Waals surface area contributed by atoms with Gasteiger partial charge in [-0.3, -0.25) is 14.6 Å². The minimum atomic E-state index is -0.528. The molecular formula is C16H13N3O3. The summed E-state index contributed by atoms with van der Waals surface area (Å²) in [4.78, 5) is 30.3. The third-order valence-corrected chi connectivity index (χ3v) is 2.94. The van der Waals surface area contributed by atoms with Crippen LogP contribution in [0.1, 0.15) is 10.5 Å². The Labute approximate surface area is 127 Å². The largest absolute Gasteiger partial charge is 0.468 e. The van der Waals surface area contributed by atoms with Gasteiger partial charge < -0.3 is 10.1 Å². The highest BCUT2D eigenvalue weighted by molar-refractivity contribution is 5.95. The number of aromatic nitrogens is 1. The van der Waals surface area contributed by atoms with E-state index in [2.05, 4.69) is 19.9 Å². The zero-order valence-electron chi connectivity index (χ0n) is 11.9. The molecule has 1 N–H and O–H groups in total. The van der Waals surface area contributed by atoms with Gasteiger partial charge in [0.25, 0.3) is 5.91 Å². The van der Waals surface area contributed by atoms with E-state index in [1.54, 1.807) is 36.4 Å². The van der Waals surface area contributed by atoms with Crippen LogP contribution in [0.4, 0.5) is 5.69 Å². The summed E-state index contributed by atoms with van der Waals surface area (Å²) in [5.41, 5.74) is 2.43. The van der Waals surface area contributed by atoms with Crippen molar-refractivity contribution in [1.29, 1.82) is 0 Å². The van der Waals surface area contributed by atoms with Gasteiger partial charge in [-0.25, -0.2) is 4.85 Å². The number of nitrogens with zero attached hydrogens (tertiary/aromatic N) is 2. The molecule has 0 aliphatic rings. The molecule has 1 aromatic carbocycles. The first-order chi connectivity index (χ1) is 10.6. The van der Waals surface area contributed by atoms with E-state index in [1.807, 2.05) is 0 Å². The van der Waals surface area contributed by atoms with E-state index in [1.165, 1.54) is 13.3 Å². The molecule has 0 saturated carbocycles. The van der Waals surface area contributed by atoms with Gasteiger partial charge in [-0.2, -0.15) is 0 Å². The molecule has 0 bridgehead atoms. The fraction of sp³-hybridized carbons (Fsp3) is 0.125. The van der Waals surface area contributed by atoms with Crippen molar-refractivity contribution in [2.75, 3.05) is 13.7 Å². The first kappa shape index (κ1) is 15.2. The van der Waals surface area contributed by atoms with Crippen LogP contribution in [-0.2, 0) is 9.53 Å². The third kappa shape index (κ3) is 3.67. The average molecular weight is 295 g/mol. The number of nitrogens with one attached hydrogen (secondary N) is 1. The number of ether oxygens (including phenoxy) is 1. The number of carbonyl (C=O) groups is 2. The second-order valence-corrected chi connectivity index (χ2v) is 4.35. The molecule has 2 aromatic rings. The summed E-state index contributed by atoms with van der Waals surface area (Å²) in [5, 5.41) is 2.43. The lowest BCUT2D eigenvalue weighted by atomic mass is 10.1. The maximum Gasteiger partial charge on any atom is 0.325 e. The standard InChI is InChI=1S/C16H13N3O3/c1-17-13-5-3-11(4-6-13)12-7-8-18-14(9-12)16(21)19-10-15(20)22-2/h3-9H,10H2,2H3,(H,19,21). The number of methoxy groups -OCH3 is 1. The van der Waals surface area contributed by atoms with E-state index in [-0.39, 0.29) is 12.2 Å². The summed E-state index contributed by atoms with van der Waals surface area (Å²) < 4.78 is 4.45. The number of pyridine rings is 1. The van der Waals surface area contributed by atoms with E-state index >= 15 is 0 Å². The van der Waals surface area contributed by atoms with Gasteiger partial charge in [0, 0.05) is 6.20 Å². The number of esters is 1. The number of benzene rings is 1. The van der Waals surface area contributed by atoms with Crippen molar-refractivity contribution in [3.63, 3.8) is 0 Å². The minimum Gasteiger partial charge on any atom is -0.468 e. The summed E-state index contributed by atoms with van der Waals surface area (Å²) in [6, 6.07) is 10.4. The molecule has 1 heterocycles. The van der Waals surface area contributed by atoms with E-state index in [4.69, 9.17) is 6.57 Å². The van der Waals surface area contributed by atoms with Crippen molar-refractivity contribution >= 4 is 17.6 Å². The lowest BCUT2D eigenvalue weighted by molar-refractivity contribution is -0.139. The van der Waals surface area contributed by atoms with Crippen molar-refractivity contribution in [3.8, 4) is 11.1 Å². The Bertz CT molecular complexity index is 733. The molecule has 0 atom stereocenters. The molecule has 22 heavy (non-hydrogen) atoms. The maximum absolute atomic E-state index is 11.9. The Hall–Kier alpha value is -3.20. The van der Waals surface area contributed by atoms with Crippen LogP contribution >= 0.6 is 0 Å². The molecule has 0 unspecified atom stereocenters. The summed E-state index contributed by atoms with van der Waals surface area (Å²) in [6.45, 7) is 6.72. The minimum absolute atomic E-state index is 0.204. The van der Waals surface area contributed by atoms with E-state index in [0.717, 1.165) is 11.1 Å². The molecule has 0 aliphatic carbocycles. The second-order valence-electron chi connectivity index (χ2n) is 4.35. The molecule has 0 spiro atoms. The van der Waals surface area contributed by atoms with Gasteiger partial charge in [0.05, 0.1) is 13.7 Å². The van der Waals surface area contributed by atoms with Gasteiger partial charge in [-0.15, -0.1) is 0 Å². The number of amides is 1. The molecule has 110 valence electrons. The molecule has 0 saturated heterocycles. The van der Waals surface area contributed by atoms with Crippen LogP contribution in [0.5, 0.6) is 0 Å². The molecular weight excluding hydrogens is 282 g/mol. The number of hydrogen-bond acceptors (Lipinski definition) is 4. The van der Waals surface area contributed by atoms with Gasteiger partial charge >= 0.3 is 5.97 Å². The summed E-state index contributed by atoms with van der Waals surface area (Å²) in [6.07, 6.45) is 1.52. The molecule has 2 rings (SSSR count). The second kappa shape index (κ2) is 6.99. The summed E-state index contributed by atoms with van der Waals surface area (Å²) in [5.74, 6) is -0.982. The Balaban J connectivity index is 2.17. The van der Waals surface area contributed by atoms with Crippen LogP contribution in [0, 0.1) is 6.57 Å². The Morgan fingerprint density at radius 2 is 1.95 bits per heavy atom. The Morgan fingerprint density at radius 1 is 1.23 bits per heavy atom. The van der Waals surface area contributed by atoms with Gasteiger partial charge in [0.2, 0.25) is 0 Å². The molecule has 0 radical (unpaired) electrons. The molecule has 1 aromatic heterocycles. The zero-order chi connectivity index (χ0) is 15.9. The molecule has 0 fully saturated rings. The highest BCUT2D eigenvalue weighted by Gasteiger charge is 2.10. The molecule has 0 aliphatic heterocycles. The third-order valence-electron chi connectivity index (χ3n) is 2.94. The quantitative estimate of drug-likeness (QED) is 0.693. The van der Waals surface area contributed by atoms with Crippen molar-refractivity contribution in [3.05, 3.63) is 59.7 Å². The van der Waals surface area contributed by atoms with Crippen LogP contribution < -0.4 is 5.32 Å². The van der Waals surface area contributed by atoms with Gasteiger partial charge in [0.15, 0.2) is 5.69 Å². The molecule has 6 heteroatoms. The topological polar surface area (TPSA) is 72.7 Å². The van der Waals surface area contributed by atoms with Gasteiger partial charge in [0.1, 0.15) is 12.2 Å². The highest BCUT2D eigenvalue weighted by atomic mass is 16.5. The predicted octanol–water partition coefficient (Wildman–Crippen LogP) is 2.20. The van der Waals surface area contributed by atoms with Crippen molar-refractivity contribution in [2.24, 2.45) is 0 Å². The van der Waals surface area contributed by atoms with Crippen LogP contribution in [0.3, 0.4) is 0 Å². The van der Waals surface area contributed by atoms with E-state index in [9.17, 15) is 9.59 Å². The maximum atomic E-state index is 11.9. The zero-order valence-corrected chi connectivity index (χ0v) is 11.9. The lowest BCUT2D eigenvalue weighted by Gasteiger charge is -2.06. The van der Waals surface area contributed by atoms with Crippen molar-refractivity contribution < 1.29 is 14.3 Å². The SMILES string of the molecule is [C-]#[N+]c1ccc(-c2ccnc(C(=O)NCC(=O)OC)c2)cc1. The summed E-state index contributed by atoms with van der Waals surface area (Å²) in [7, 11) is 1.25. The fourth-order valence-electron chi connectivity index (χ4n) is 1.78. The predicted molar refractivity (Wildman–Crippen MR) is 80.3 cm³/mol. The lowest BCUT2D eigenvalue weighted by Crippen LogP contribution is -2.30. The van der Waals surface area contributed by atoms with Gasteiger partial charge in [-0.1, -0.05) is 24.3 Å².